The van der Waals surface area contributed by atoms with E-state index in [0.29, 0.717) is 0 Å². The van der Waals surface area contributed by atoms with Gasteiger partial charge in [0.1, 0.15) is 0 Å². The summed E-state index contributed by atoms with van der Waals surface area (Å²) in [5.41, 5.74) is 11.1. The SMILES string of the molecule is c1ccc(-c2ccc(-c3c4ccccc4c(-c4cc(-c5ccccc5)nc5c4ccc4cccnc45)c4ccccc34)cc2)cc1. The van der Waals surface area contributed by atoms with Gasteiger partial charge in [-0.15, -0.1) is 0 Å². The molecule has 0 atom stereocenters. The van der Waals surface area contributed by atoms with Gasteiger partial charge in [-0.3, -0.25) is 4.98 Å². The van der Waals surface area contributed by atoms with Gasteiger partial charge in [0.05, 0.1) is 16.7 Å². The smallest absolute Gasteiger partial charge is 0.0978 e. The molecule has 0 amide bonds. The molecule has 7 aromatic carbocycles. The third kappa shape index (κ3) is 4.27. The lowest BCUT2D eigenvalue weighted by Crippen LogP contribution is -1.95. The number of hydrogen-bond donors (Lipinski definition) is 0. The molecule has 0 N–H and O–H groups in total. The number of hydrogen-bond acceptors (Lipinski definition) is 2. The fourth-order valence-corrected chi connectivity index (χ4v) is 6.98. The molecule has 0 aliphatic carbocycles. The van der Waals surface area contributed by atoms with E-state index in [1.807, 2.05) is 12.3 Å². The van der Waals surface area contributed by atoms with Crippen LogP contribution in [0.15, 0.2) is 170 Å². The Kier molecular flexibility index (Phi) is 6.17. The summed E-state index contributed by atoms with van der Waals surface area (Å²) in [4.78, 5) is 10.1. The van der Waals surface area contributed by atoms with Gasteiger partial charge in [-0.2, -0.15) is 0 Å². The molecule has 2 aromatic heterocycles. The van der Waals surface area contributed by atoms with E-state index in [0.717, 1.165) is 38.6 Å². The van der Waals surface area contributed by atoms with E-state index in [1.54, 1.807) is 0 Å². The van der Waals surface area contributed by atoms with Crippen LogP contribution in [0.25, 0.3) is 88.0 Å². The van der Waals surface area contributed by atoms with E-state index in [-0.39, 0.29) is 0 Å². The van der Waals surface area contributed by atoms with Gasteiger partial charge >= 0.3 is 0 Å². The van der Waals surface area contributed by atoms with Crippen molar-refractivity contribution in [2.75, 3.05) is 0 Å². The minimum absolute atomic E-state index is 0.919. The second-order valence-electron chi connectivity index (χ2n) is 11.7. The van der Waals surface area contributed by atoms with Crippen LogP contribution < -0.4 is 0 Å². The Hall–Kier alpha value is -6.12. The third-order valence-corrected chi connectivity index (χ3v) is 9.10. The van der Waals surface area contributed by atoms with Crippen molar-refractivity contribution in [2.24, 2.45) is 0 Å². The molecule has 0 spiro atoms. The summed E-state index contributed by atoms with van der Waals surface area (Å²) in [6, 6.07) is 58.5. The summed E-state index contributed by atoms with van der Waals surface area (Å²) in [6.07, 6.45) is 1.86. The molecule has 0 saturated carbocycles. The van der Waals surface area contributed by atoms with E-state index >= 15 is 0 Å². The lowest BCUT2D eigenvalue weighted by molar-refractivity contribution is 1.37. The molecule has 9 aromatic rings. The second-order valence-corrected chi connectivity index (χ2v) is 11.7. The summed E-state index contributed by atoms with van der Waals surface area (Å²) < 4.78 is 0. The van der Waals surface area contributed by atoms with Gasteiger partial charge < -0.3 is 0 Å². The van der Waals surface area contributed by atoms with Crippen LogP contribution in [0.5, 0.6) is 0 Å². The Morgan fingerprint density at radius 1 is 0.348 bits per heavy atom. The third-order valence-electron chi connectivity index (χ3n) is 9.10. The van der Waals surface area contributed by atoms with Gasteiger partial charge in [-0.05, 0) is 67.1 Å². The molecule has 0 unspecified atom stereocenters. The zero-order valence-corrected chi connectivity index (χ0v) is 25.1. The van der Waals surface area contributed by atoms with Crippen molar-refractivity contribution >= 4 is 43.4 Å². The first-order chi connectivity index (χ1) is 22.8. The fourth-order valence-electron chi connectivity index (χ4n) is 6.98. The lowest BCUT2D eigenvalue weighted by atomic mass is 9.84. The van der Waals surface area contributed by atoms with Gasteiger partial charge in [-0.1, -0.05) is 152 Å². The van der Waals surface area contributed by atoms with E-state index < -0.39 is 0 Å². The van der Waals surface area contributed by atoms with Crippen molar-refractivity contribution in [3.63, 3.8) is 0 Å². The van der Waals surface area contributed by atoms with E-state index in [1.165, 1.54) is 49.4 Å². The minimum atomic E-state index is 0.919. The molecule has 0 bridgehead atoms. The van der Waals surface area contributed by atoms with Crippen molar-refractivity contribution < 1.29 is 0 Å². The second kappa shape index (κ2) is 10.8. The Morgan fingerprint density at radius 3 is 1.54 bits per heavy atom. The zero-order chi connectivity index (χ0) is 30.5. The van der Waals surface area contributed by atoms with Gasteiger partial charge in [0, 0.05) is 22.5 Å². The quantitative estimate of drug-likeness (QED) is 0.152. The summed E-state index contributed by atoms with van der Waals surface area (Å²) in [5, 5.41) is 7.08. The summed E-state index contributed by atoms with van der Waals surface area (Å²) in [6.45, 7) is 0. The number of fused-ring (bicyclic) bond motifs is 5. The van der Waals surface area contributed by atoms with Crippen LogP contribution in [-0.2, 0) is 0 Å². The van der Waals surface area contributed by atoms with Crippen LogP contribution in [0, 0.1) is 0 Å². The van der Waals surface area contributed by atoms with Crippen LogP contribution in [0.2, 0.25) is 0 Å². The average Bonchev–Trinajstić information content (AvgIpc) is 3.14. The Labute approximate surface area is 267 Å². The Morgan fingerprint density at radius 2 is 0.891 bits per heavy atom. The average molecular weight is 585 g/mol. The predicted octanol–water partition coefficient (Wildman–Crippen LogP) is 11.8. The first-order valence-electron chi connectivity index (χ1n) is 15.7. The zero-order valence-electron chi connectivity index (χ0n) is 25.1. The largest absolute Gasteiger partial charge is 0.254 e. The van der Waals surface area contributed by atoms with E-state index in [4.69, 9.17) is 9.97 Å². The monoisotopic (exact) mass is 584 g/mol. The molecule has 0 aliphatic heterocycles. The molecule has 0 fully saturated rings. The molecule has 0 radical (unpaired) electrons. The highest BCUT2D eigenvalue weighted by molar-refractivity contribution is 6.24. The molecular weight excluding hydrogens is 556 g/mol. The summed E-state index contributed by atoms with van der Waals surface area (Å²) >= 11 is 0. The number of aromatic nitrogens is 2. The van der Waals surface area contributed by atoms with Crippen molar-refractivity contribution in [2.45, 2.75) is 0 Å². The Bertz CT molecular complexity index is 2500. The van der Waals surface area contributed by atoms with Gasteiger partial charge in [0.15, 0.2) is 0 Å². The molecule has 2 nitrogen and oxygen atoms in total. The molecule has 0 aliphatic rings. The standard InChI is InChI=1S/C44H28N2/c1-3-12-29(13-4-1)30-21-23-32(24-22-30)41-34-17-7-9-19-36(34)42(37-20-10-8-18-35(37)41)39-28-40(31-14-5-2-6-15-31)46-44-38(39)26-25-33-16-11-27-45-43(33)44/h1-28H. The van der Waals surface area contributed by atoms with Crippen LogP contribution >= 0.6 is 0 Å². The maximum Gasteiger partial charge on any atom is 0.0978 e. The summed E-state index contributed by atoms with van der Waals surface area (Å²) in [7, 11) is 0. The van der Waals surface area contributed by atoms with Crippen molar-refractivity contribution in [1.82, 2.24) is 9.97 Å². The highest BCUT2D eigenvalue weighted by atomic mass is 14.8. The number of nitrogens with zero attached hydrogens (tertiary/aromatic N) is 2. The summed E-state index contributed by atoms with van der Waals surface area (Å²) in [5.74, 6) is 0. The van der Waals surface area contributed by atoms with Crippen molar-refractivity contribution in [3.05, 3.63) is 170 Å². The normalized spacial score (nSPS) is 11.5. The number of rotatable bonds is 4. The molecular formula is C44H28N2. The molecule has 2 heterocycles. The first kappa shape index (κ1) is 26.3. The molecule has 0 saturated heterocycles. The topological polar surface area (TPSA) is 25.8 Å². The highest BCUT2D eigenvalue weighted by Gasteiger charge is 2.20. The van der Waals surface area contributed by atoms with Gasteiger partial charge in [0.2, 0.25) is 0 Å². The molecule has 2 heteroatoms. The van der Waals surface area contributed by atoms with E-state index in [2.05, 4.69) is 158 Å². The van der Waals surface area contributed by atoms with Crippen LogP contribution in [0.1, 0.15) is 0 Å². The molecule has 214 valence electrons. The number of benzene rings is 7. The van der Waals surface area contributed by atoms with Crippen molar-refractivity contribution in [3.8, 4) is 44.6 Å². The lowest BCUT2D eigenvalue weighted by Gasteiger charge is -2.20. The van der Waals surface area contributed by atoms with E-state index in [9.17, 15) is 0 Å². The highest BCUT2D eigenvalue weighted by Crippen LogP contribution is 2.46. The molecule has 46 heavy (non-hydrogen) atoms. The van der Waals surface area contributed by atoms with Gasteiger partial charge in [0.25, 0.3) is 0 Å². The van der Waals surface area contributed by atoms with Gasteiger partial charge in [-0.25, -0.2) is 4.98 Å². The van der Waals surface area contributed by atoms with Crippen LogP contribution in [-0.4, -0.2) is 9.97 Å². The molecule has 9 rings (SSSR count). The predicted molar refractivity (Wildman–Crippen MR) is 194 cm³/mol. The van der Waals surface area contributed by atoms with Crippen LogP contribution in [0.4, 0.5) is 0 Å². The number of pyridine rings is 2. The maximum atomic E-state index is 5.26. The maximum absolute atomic E-state index is 5.26. The van der Waals surface area contributed by atoms with Crippen LogP contribution in [0.3, 0.4) is 0 Å². The van der Waals surface area contributed by atoms with Crippen molar-refractivity contribution in [1.29, 1.82) is 0 Å². The Balaban J connectivity index is 1.37. The minimum Gasteiger partial charge on any atom is -0.254 e. The fraction of sp³-hybridized carbons (Fsp3) is 0. The first-order valence-corrected chi connectivity index (χ1v) is 15.7.